The summed E-state index contributed by atoms with van der Waals surface area (Å²) in [6.07, 6.45) is 7.45. The topological polar surface area (TPSA) is 52.6 Å². The van der Waals surface area contributed by atoms with Gasteiger partial charge in [-0.15, -0.1) is 0 Å². The van der Waals surface area contributed by atoms with Crippen LogP contribution in [0, 0.1) is 5.92 Å². The van der Waals surface area contributed by atoms with Gasteiger partial charge in [-0.2, -0.15) is 0 Å². The first-order valence-electron chi connectivity index (χ1n) is 8.45. The second-order valence-corrected chi connectivity index (χ2v) is 5.55. The molecule has 0 amide bonds. The molecule has 21 heavy (non-hydrogen) atoms. The summed E-state index contributed by atoms with van der Waals surface area (Å²) in [5.41, 5.74) is 0. The number of rotatable bonds is 13. The number of hydrogen-bond donors (Lipinski definition) is 0. The molecule has 0 N–H and O–H groups in total. The minimum atomic E-state index is -0.217. The molecule has 0 atom stereocenters. The van der Waals surface area contributed by atoms with Gasteiger partial charge in [-0.05, 0) is 31.6 Å². The summed E-state index contributed by atoms with van der Waals surface area (Å²) in [5.74, 6) is 0.0580. The van der Waals surface area contributed by atoms with E-state index in [9.17, 15) is 9.59 Å². The van der Waals surface area contributed by atoms with Crippen molar-refractivity contribution in [2.75, 3.05) is 13.2 Å². The van der Waals surface area contributed by atoms with Gasteiger partial charge in [-0.1, -0.05) is 40.0 Å². The van der Waals surface area contributed by atoms with Gasteiger partial charge in [-0.3, -0.25) is 9.59 Å². The molecule has 4 nitrogen and oxygen atoms in total. The van der Waals surface area contributed by atoms with E-state index in [1.807, 2.05) is 6.92 Å². The highest BCUT2D eigenvalue weighted by Crippen LogP contribution is 2.14. The highest BCUT2D eigenvalue weighted by Gasteiger charge is 2.11. The van der Waals surface area contributed by atoms with Crippen LogP contribution in [0.25, 0.3) is 0 Å². The molecule has 0 aliphatic rings. The van der Waals surface area contributed by atoms with Gasteiger partial charge in [-0.25, -0.2) is 0 Å². The van der Waals surface area contributed by atoms with Crippen LogP contribution in [-0.4, -0.2) is 25.2 Å². The summed E-state index contributed by atoms with van der Waals surface area (Å²) in [4.78, 5) is 23.0. The lowest BCUT2D eigenvalue weighted by molar-refractivity contribution is -0.146. The van der Waals surface area contributed by atoms with E-state index in [1.54, 1.807) is 0 Å². The first-order chi connectivity index (χ1) is 10.1. The molecule has 0 spiro atoms. The van der Waals surface area contributed by atoms with Gasteiger partial charge in [0.25, 0.3) is 0 Å². The normalized spacial score (nSPS) is 10.7. The Morgan fingerprint density at radius 2 is 1.38 bits per heavy atom. The van der Waals surface area contributed by atoms with Crippen molar-refractivity contribution in [3.05, 3.63) is 0 Å². The average molecular weight is 300 g/mol. The second kappa shape index (κ2) is 13.9. The predicted octanol–water partition coefficient (Wildman–Crippen LogP) is 4.26. The van der Waals surface area contributed by atoms with Crippen LogP contribution < -0.4 is 0 Å². The summed E-state index contributed by atoms with van der Waals surface area (Å²) >= 11 is 0. The van der Waals surface area contributed by atoms with E-state index in [0.29, 0.717) is 38.4 Å². The van der Waals surface area contributed by atoms with Crippen LogP contribution in [0.3, 0.4) is 0 Å². The number of esters is 2. The van der Waals surface area contributed by atoms with Crippen LogP contribution in [-0.2, 0) is 19.1 Å². The van der Waals surface area contributed by atoms with Gasteiger partial charge < -0.3 is 9.47 Å². The molecule has 0 saturated carbocycles. The third kappa shape index (κ3) is 12.4. The largest absolute Gasteiger partial charge is 0.466 e. The molecule has 0 aliphatic carbocycles. The number of ether oxygens (including phenoxy) is 2. The van der Waals surface area contributed by atoms with Gasteiger partial charge in [0, 0.05) is 12.8 Å². The molecule has 0 unspecified atom stereocenters. The zero-order valence-corrected chi connectivity index (χ0v) is 14.0. The van der Waals surface area contributed by atoms with Crippen LogP contribution in [0.5, 0.6) is 0 Å². The van der Waals surface area contributed by atoms with Crippen LogP contribution in [0.15, 0.2) is 0 Å². The van der Waals surface area contributed by atoms with Crippen molar-refractivity contribution in [2.45, 2.75) is 78.6 Å². The fourth-order valence-electron chi connectivity index (χ4n) is 2.19. The van der Waals surface area contributed by atoms with E-state index in [-0.39, 0.29) is 11.9 Å². The fourth-order valence-corrected chi connectivity index (χ4v) is 2.19. The van der Waals surface area contributed by atoms with Gasteiger partial charge in [0.1, 0.15) is 0 Å². The average Bonchev–Trinajstić information content (AvgIpc) is 2.45. The Hall–Kier alpha value is -1.06. The first-order valence-corrected chi connectivity index (χ1v) is 8.45. The molecule has 0 aromatic rings. The van der Waals surface area contributed by atoms with Gasteiger partial charge in [0.05, 0.1) is 13.2 Å². The van der Waals surface area contributed by atoms with Crippen LogP contribution in [0.1, 0.15) is 78.6 Å². The highest BCUT2D eigenvalue weighted by molar-refractivity contribution is 5.72. The van der Waals surface area contributed by atoms with Crippen molar-refractivity contribution >= 4 is 11.9 Å². The number of hydrogen-bond acceptors (Lipinski definition) is 4. The molecule has 124 valence electrons. The maximum absolute atomic E-state index is 11.6. The van der Waals surface area contributed by atoms with E-state index in [1.165, 1.54) is 0 Å². The molecular weight excluding hydrogens is 268 g/mol. The Balaban J connectivity index is 3.67. The minimum absolute atomic E-state index is 0.200. The molecule has 0 rings (SSSR count). The lowest BCUT2D eigenvalue weighted by Crippen LogP contribution is -2.14. The quantitative estimate of drug-likeness (QED) is 0.377. The van der Waals surface area contributed by atoms with Crippen molar-refractivity contribution in [1.82, 2.24) is 0 Å². The van der Waals surface area contributed by atoms with Crippen molar-refractivity contribution in [3.63, 3.8) is 0 Å². The van der Waals surface area contributed by atoms with E-state index in [2.05, 4.69) is 13.8 Å². The Kier molecular flexibility index (Phi) is 13.2. The van der Waals surface area contributed by atoms with E-state index < -0.39 is 0 Å². The lowest BCUT2D eigenvalue weighted by Gasteiger charge is -2.15. The van der Waals surface area contributed by atoms with E-state index in [4.69, 9.17) is 9.47 Å². The number of unbranched alkanes of at least 4 members (excludes halogenated alkanes) is 1. The van der Waals surface area contributed by atoms with Crippen molar-refractivity contribution in [1.29, 1.82) is 0 Å². The third-order valence-electron chi connectivity index (χ3n) is 3.40. The molecule has 0 fully saturated rings. The Bertz CT molecular complexity index is 270. The molecule has 4 heteroatoms. The molecule has 0 heterocycles. The molecule has 0 aromatic carbocycles. The minimum Gasteiger partial charge on any atom is -0.466 e. The third-order valence-corrected chi connectivity index (χ3v) is 3.40. The summed E-state index contributed by atoms with van der Waals surface area (Å²) in [7, 11) is 0. The first kappa shape index (κ1) is 19.9. The Morgan fingerprint density at radius 3 is 1.90 bits per heavy atom. The zero-order valence-electron chi connectivity index (χ0n) is 14.0. The summed E-state index contributed by atoms with van der Waals surface area (Å²) < 4.78 is 10.3. The predicted molar refractivity (Wildman–Crippen MR) is 84.0 cm³/mol. The van der Waals surface area contributed by atoms with Crippen LogP contribution >= 0.6 is 0 Å². The smallest absolute Gasteiger partial charge is 0.305 e. The highest BCUT2D eigenvalue weighted by atomic mass is 16.5. The van der Waals surface area contributed by atoms with Crippen LogP contribution in [0.2, 0.25) is 0 Å². The molecule has 0 saturated heterocycles. The monoisotopic (exact) mass is 300 g/mol. The Morgan fingerprint density at radius 1 is 0.810 bits per heavy atom. The summed E-state index contributed by atoms with van der Waals surface area (Å²) in [6.45, 7) is 7.34. The second-order valence-electron chi connectivity index (χ2n) is 5.55. The molecular formula is C17H32O4. The van der Waals surface area contributed by atoms with Gasteiger partial charge in [0.2, 0.25) is 0 Å². The molecule has 0 aliphatic heterocycles. The SMILES string of the molecule is CCCCOC(=O)CCCC(=O)OCC(CCC)CCC. The standard InChI is InChI=1S/C17H32O4/c1-4-7-13-20-16(18)11-8-12-17(19)21-14-15(9-5-2)10-6-3/h15H,4-14H2,1-3H3. The summed E-state index contributed by atoms with van der Waals surface area (Å²) in [6, 6.07) is 0. The van der Waals surface area contributed by atoms with Crippen molar-refractivity contribution < 1.29 is 19.1 Å². The van der Waals surface area contributed by atoms with E-state index in [0.717, 1.165) is 38.5 Å². The lowest BCUT2D eigenvalue weighted by atomic mass is 9.99. The molecule has 0 radical (unpaired) electrons. The number of carbonyl (C=O) groups is 2. The van der Waals surface area contributed by atoms with E-state index >= 15 is 0 Å². The van der Waals surface area contributed by atoms with Gasteiger partial charge >= 0.3 is 11.9 Å². The zero-order chi connectivity index (χ0) is 15.9. The van der Waals surface area contributed by atoms with Crippen molar-refractivity contribution in [2.24, 2.45) is 5.92 Å². The molecule has 0 aromatic heterocycles. The Labute approximate surface area is 129 Å². The van der Waals surface area contributed by atoms with Crippen molar-refractivity contribution in [3.8, 4) is 0 Å². The van der Waals surface area contributed by atoms with Gasteiger partial charge in [0.15, 0.2) is 0 Å². The number of carbonyl (C=O) groups excluding carboxylic acids is 2. The maximum atomic E-state index is 11.6. The maximum Gasteiger partial charge on any atom is 0.305 e. The fraction of sp³-hybridized carbons (Fsp3) is 0.882. The van der Waals surface area contributed by atoms with Crippen LogP contribution in [0.4, 0.5) is 0 Å². The summed E-state index contributed by atoms with van der Waals surface area (Å²) in [5, 5.41) is 0. The molecule has 0 bridgehead atoms.